The first-order valence-electron chi connectivity index (χ1n) is 4.55. The number of phenolic OH excluding ortho intramolecular Hbond substituents is 1. The third kappa shape index (κ3) is 1.39. The fraction of sp³-hybridized carbons (Fsp3) is 0. The van der Waals surface area contributed by atoms with Crippen molar-refractivity contribution in [3.8, 4) is 16.5 Å². The molecule has 15 heavy (non-hydrogen) atoms. The van der Waals surface area contributed by atoms with Gasteiger partial charge in [-0.2, -0.15) is 0 Å². The van der Waals surface area contributed by atoms with E-state index in [9.17, 15) is 5.11 Å². The van der Waals surface area contributed by atoms with E-state index >= 15 is 0 Å². The molecule has 2 N–H and O–H groups in total. The molecule has 0 radical (unpaired) electrons. The average molecular weight is 216 g/mol. The average Bonchev–Trinajstić information content (AvgIpc) is 2.84. The van der Waals surface area contributed by atoms with Crippen LogP contribution >= 0.6 is 11.3 Å². The highest BCUT2D eigenvalue weighted by Crippen LogP contribution is 2.25. The summed E-state index contributed by atoms with van der Waals surface area (Å²) in [5.74, 6) is 1.11. The Bertz CT molecular complexity index is 598. The molecule has 2 aromatic heterocycles. The lowest BCUT2D eigenvalue weighted by Crippen LogP contribution is -1.72. The van der Waals surface area contributed by atoms with E-state index in [0.717, 1.165) is 21.7 Å². The van der Waals surface area contributed by atoms with Crippen molar-refractivity contribution in [2.45, 2.75) is 0 Å². The summed E-state index contributed by atoms with van der Waals surface area (Å²) >= 11 is 1.64. The fourth-order valence-corrected chi connectivity index (χ4v) is 2.20. The Kier molecular flexibility index (Phi) is 1.76. The lowest BCUT2D eigenvalue weighted by atomic mass is 10.3. The van der Waals surface area contributed by atoms with Crippen molar-refractivity contribution in [3.05, 3.63) is 35.7 Å². The molecule has 0 aliphatic heterocycles. The van der Waals surface area contributed by atoms with E-state index in [1.807, 2.05) is 17.5 Å². The van der Waals surface area contributed by atoms with Crippen LogP contribution in [0.2, 0.25) is 0 Å². The zero-order chi connectivity index (χ0) is 10.3. The van der Waals surface area contributed by atoms with Crippen LogP contribution in [0.5, 0.6) is 5.75 Å². The number of fused-ring (bicyclic) bond motifs is 1. The SMILES string of the molecule is Oc1ccc2nc(-c3cccs3)[nH]c2c1. The summed E-state index contributed by atoms with van der Waals surface area (Å²) in [5.41, 5.74) is 1.73. The highest BCUT2D eigenvalue weighted by molar-refractivity contribution is 7.13. The minimum atomic E-state index is 0.254. The van der Waals surface area contributed by atoms with Crippen LogP contribution in [0.25, 0.3) is 21.7 Å². The number of aromatic hydroxyl groups is 1. The maximum absolute atomic E-state index is 9.32. The van der Waals surface area contributed by atoms with Crippen molar-refractivity contribution >= 4 is 22.4 Å². The number of phenols is 1. The smallest absolute Gasteiger partial charge is 0.148 e. The van der Waals surface area contributed by atoms with E-state index in [-0.39, 0.29) is 5.75 Å². The first-order valence-corrected chi connectivity index (χ1v) is 5.43. The van der Waals surface area contributed by atoms with E-state index < -0.39 is 0 Å². The molecular weight excluding hydrogens is 208 g/mol. The van der Waals surface area contributed by atoms with E-state index in [1.165, 1.54) is 0 Å². The van der Waals surface area contributed by atoms with Crippen molar-refractivity contribution in [2.24, 2.45) is 0 Å². The fourth-order valence-electron chi connectivity index (χ4n) is 1.53. The van der Waals surface area contributed by atoms with E-state index in [1.54, 1.807) is 29.5 Å². The van der Waals surface area contributed by atoms with Gasteiger partial charge in [0.25, 0.3) is 0 Å². The number of H-pyrrole nitrogens is 1. The number of benzene rings is 1. The highest BCUT2D eigenvalue weighted by Gasteiger charge is 2.05. The second-order valence-electron chi connectivity index (χ2n) is 3.26. The molecule has 74 valence electrons. The Hall–Kier alpha value is -1.81. The quantitative estimate of drug-likeness (QED) is 0.657. The van der Waals surface area contributed by atoms with E-state index in [4.69, 9.17) is 0 Å². The summed E-state index contributed by atoms with van der Waals surface area (Å²) in [6.45, 7) is 0. The predicted octanol–water partition coefficient (Wildman–Crippen LogP) is 3.00. The van der Waals surface area contributed by atoms with Crippen LogP contribution in [-0.2, 0) is 0 Å². The van der Waals surface area contributed by atoms with Crippen molar-refractivity contribution in [1.29, 1.82) is 0 Å². The van der Waals surface area contributed by atoms with Gasteiger partial charge < -0.3 is 10.1 Å². The maximum Gasteiger partial charge on any atom is 0.148 e. The first-order chi connectivity index (χ1) is 7.33. The molecule has 1 aromatic carbocycles. The topological polar surface area (TPSA) is 48.9 Å². The molecule has 0 fully saturated rings. The van der Waals surface area contributed by atoms with Gasteiger partial charge in [0.1, 0.15) is 11.6 Å². The van der Waals surface area contributed by atoms with Gasteiger partial charge in [0, 0.05) is 6.07 Å². The van der Waals surface area contributed by atoms with Crippen LogP contribution in [-0.4, -0.2) is 15.1 Å². The molecule has 3 nitrogen and oxygen atoms in total. The number of aromatic amines is 1. The van der Waals surface area contributed by atoms with Crippen LogP contribution < -0.4 is 0 Å². The molecule has 3 aromatic rings. The molecule has 4 heteroatoms. The first kappa shape index (κ1) is 8.49. The zero-order valence-corrected chi connectivity index (χ0v) is 8.58. The van der Waals surface area contributed by atoms with Crippen LogP contribution in [0.1, 0.15) is 0 Å². The lowest BCUT2D eigenvalue weighted by molar-refractivity contribution is 0.476. The Balaban J connectivity index is 2.22. The monoisotopic (exact) mass is 216 g/mol. The van der Waals surface area contributed by atoms with Crippen molar-refractivity contribution in [1.82, 2.24) is 9.97 Å². The molecule has 0 bridgehead atoms. The number of rotatable bonds is 1. The summed E-state index contributed by atoms with van der Waals surface area (Å²) in [6.07, 6.45) is 0. The van der Waals surface area contributed by atoms with Gasteiger partial charge in [0.05, 0.1) is 15.9 Å². The number of imidazole rings is 1. The summed E-state index contributed by atoms with van der Waals surface area (Å²) < 4.78 is 0. The summed E-state index contributed by atoms with van der Waals surface area (Å²) in [6, 6.07) is 9.13. The maximum atomic E-state index is 9.32. The second-order valence-corrected chi connectivity index (χ2v) is 4.21. The molecule has 0 aliphatic rings. The Morgan fingerprint density at radius 1 is 1.27 bits per heavy atom. The number of aromatic nitrogens is 2. The van der Waals surface area contributed by atoms with Gasteiger partial charge in [0.15, 0.2) is 0 Å². The second kappa shape index (κ2) is 3.10. The molecule has 0 unspecified atom stereocenters. The molecule has 0 spiro atoms. The molecule has 0 saturated heterocycles. The normalized spacial score (nSPS) is 10.9. The minimum absolute atomic E-state index is 0.254. The molecule has 0 amide bonds. The number of nitrogens with one attached hydrogen (secondary N) is 1. The third-order valence-corrected chi connectivity index (χ3v) is 3.10. The molecule has 0 atom stereocenters. The number of nitrogens with zero attached hydrogens (tertiary/aromatic N) is 1. The van der Waals surface area contributed by atoms with Crippen LogP contribution in [0.4, 0.5) is 0 Å². The molecule has 0 aliphatic carbocycles. The Morgan fingerprint density at radius 3 is 3.00 bits per heavy atom. The minimum Gasteiger partial charge on any atom is -0.508 e. The van der Waals surface area contributed by atoms with Gasteiger partial charge in [-0.25, -0.2) is 4.98 Å². The van der Waals surface area contributed by atoms with Gasteiger partial charge in [-0.05, 0) is 23.6 Å². The number of hydrogen-bond acceptors (Lipinski definition) is 3. The van der Waals surface area contributed by atoms with Gasteiger partial charge in [-0.3, -0.25) is 0 Å². The standard InChI is InChI=1S/C11H8N2OS/c14-7-3-4-8-9(6-7)13-11(12-8)10-2-1-5-15-10/h1-6,14H,(H,12,13). The molecule has 3 rings (SSSR count). The van der Waals surface area contributed by atoms with Crippen molar-refractivity contribution in [2.75, 3.05) is 0 Å². The van der Waals surface area contributed by atoms with E-state index in [2.05, 4.69) is 9.97 Å². The largest absolute Gasteiger partial charge is 0.508 e. The molecule has 2 heterocycles. The van der Waals surface area contributed by atoms with Crippen LogP contribution in [0.3, 0.4) is 0 Å². The van der Waals surface area contributed by atoms with Gasteiger partial charge in [-0.1, -0.05) is 6.07 Å². The number of thiophene rings is 1. The van der Waals surface area contributed by atoms with Gasteiger partial charge in [0.2, 0.25) is 0 Å². The van der Waals surface area contributed by atoms with Crippen LogP contribution in [0.15, 0.2) is 35.7 Å². The van der Waals surface area contributed by atoms with Gasteiger partial charge in [-0.15, -0.1) is 11.3 Å². The van der Waals surface area contributed by atoms with Gasteiger partial charge >= 0.3 is 0 Å². The summed E-state index contributed by atoms with van der Waals surface area (Å²) in [5, 5.41) is 11.3. The molecular formula is C11H8N2OS. The van der Waals surface area contributed by atoms with Crippen molar-refractivity contribution in [3.63, 3.8) is 0 Å². The summed E-state index contributed by atoms with van der Waals surface area (Å²) in [4.78, 5) is 8.72. The molecule has 0 saturated carbocycles. The van der Waals surface area contributed by atoms with Crippen molar-refractivity contribution < 1.29 is 5.11 Å². The Morgan fingerprint density at radius 2 is 2.20 bits per heavy atom. The highest BCUT2D eigenvalue weighted by atomic mass is 32.1. The summed E-state index contributed by atoms with van der Waals surface area (Å²) in [7, 11) is 0. The van der Waals surface area contributed by atoms with E-state index in [0.29, 0.717) is 0 Å². The van der Waals surface area contributed by atoms with Crippen LogP contribution in [0, 0.1) is 0 Å². The third-order valence-electron chi connectivity index (χ3n) is 2.22. The lowest BCUT2D eigenvalue weighted by Gasteiger charge is -1.88. The number of hydrogen-bond donors (Lipinski definition) is 2. The predicted molar refractivity (Wildman–Crippen MR) is 61.1 cm³/mol. The zero-order valence-electron chi connectivity index (χ0n) is 7.77. The Labute approximate surface area is 90.0 Å².